The van der Waals surface area contributed by atoms with E-state index in [4.69, 9.17) is 0 Å². The van der Waals surface area contributed by atoms with Crippen molar-refractivity contribution in [2.75, 3.05) is 11.9 Å². The van der Waals surface area contributed by atoms with E-state index in [1.165, 1.54) is 55.1 Å². The van der Waals surface area contributed by atoms with E-state index in [1.807, 2.05) is 0 Å². The lowest BCUT2D eigenvalue weighted by molar-refractivity contribution is -0.109. The van der Waals surface area contributed by atoms with Gasteiger partial charge < -0.3 is 0 Å². The van der Waals surface area contributed by atoms with Crippen LogP contribution in [0.1, 0.15) is 13.3 Å². The first-order valence-corrected chi connectivity index (χ1v) is 12.2. The third-order valence-electron chi connectivity index (χ3n) is 4.75. The molecule has 1 nitrogen and oxygen atoms in total. The second-order valence-electron chi connectivity index (χ2n) is 6.66. The molecular weight excluding hydrogens is 412 g/mol. The maximum absolute atomic E-state index is 13.7. The van der Waals surface area contributed by atoms with Gasteiger partial charge in [-0.2, -0.15) is 0 Å². The van der Waals surface area contributed by atoms with Crippen LogP contribution in [-0.2, 0) is 4.79 Å². The fraction of sp³-hybridized carbons (Fsp3) is 0.174. The maximum Gasteiger partial charge on any atom is 0.185 e. The standard InChI is InChI=1S/C23H21F3OPS/c1-17(27)29-16-2-15-28(21-9-3-18(24)4-10-21,22-11-5-19(25)6-12-22)23-13-7-20(26)8-14-23/h3-14H,2,15-16H2,1H3/q+1. The third-order valence-corrected chi connectivity index (χ3v) is 10.2. The molecule has 0 heterocycles. The minimum absolute atomic E-state index is 0.0549. The number of thioether (sulfide) groups is 1. The minimum Gasteiger partial charge on any atom is -0.288 e. The molecule has 0 saturated heterocycles. The molecule has 150 valence electrons. The largest absolute Gasteiger partial charge is 0.288 e. The number of hydrogen-bond donors (Lipinski definition) is 0. The van der Waals surface area contributed by atoms with Gasteiger partial charge in [0, 0.05) is 12.7 Å². The summed E-state index contributed by atoms with van der Waals surface area (Å²) < 4.78 is 41.0. The first-order chi connectivity index (χ1) is 13.9. The number of hydrogen-bond acceptors (Lipinski definition) is 2. The van der Waals surface area contributed by atoms with Gasteiger partial charge in [-0.3, -0.25) is 4.79 Å². The van der Waals surface area contributed by atoms with Crippen molar-refractivity contribution in [2.24, 2.45) is 0 Å². The van der Waals surface area contributed by atoms with Crippen LogP contribution in [0.3, 0.4) is 0 Å². The summed E-state index contributed by atoms with van der Waals surface area (Å²) in [5.41, 5.74) is 0. The van der Waals surface area contributed by atoms with Gasteiger partial charge in [-0.25, -0.2) is 13.2 Å². The molecule has 3 aromatic carbocycles. The van der Waals surface area contributed by atoms with Crippen LogP contribution in [-0.4, -0.2) is 17.0 Å². The lowest BCUT2D eigenvalue weighted by Crippen LogP contribution is -2.33. The number of halogens is 3. The van der Waals surface area contributed by atoms with Crippen molar-refractivity contribution >= 4 is 40.1 Å². The fourth-order valence-corrected chi connectivity index (χ4v) is 8.50. The van der Waals surface area contributed by atoms with Crippen LogP contribution < -0.4 is 15.9 Å². The average Bonchev–Trinajstić information content (AvgIpc) is 2.71. The molecule has 0 N–H and O–H groups in total. The normalized spacial score (nSPS) is 11.4. The van der Waals surface area contributed by atoms with Gasteiger partial charge in [-0.1, -0.05) is 11.8 Å². The predicted molar refractivity (Wildman–Crippen MR) is 118 cm³/mol. The summed E-state index contributed by atoms with van der Waals surface area (Å²) in [5, 5.41) is 2.86. The Bertz CT molecular complexity index is 846. The highest BCUT2D eigenvalue weighted by molar-refractivity contribution is 8.13. The van der Waals surface area contributed by atoms with E-state index < -0.39 is 7.26 Å². The molecular formula is C23H21F3OPS+. The molecule has 0 radical (unpaired) electrons. The van der Waals surface area contributed by atoms with Crippen molar-refractivity contribution in [1.29, 1.82) is 0 Å². The number of benzene rings is 3. The zero-order chi connectivity index (χ0) is 20.9. The zero-order valence-electron chi connectivity index (χ0n) is 15.9. The van der Waals surface area contributed by atoms with Gasteiger partial charge in [0.15, 0.2) is 5.12 Å². The van der Waals surface area contributed by atoms with E-state index in [2.05, 4.69) is 0 Å². The molecule has 0 fully saturated rings. The number of carbonyl (C=O) groups is 1. The monoisotopic (exact) mass is 433 g/mol. The lowest BCUT2D eigenvalue weighted by Gasteiger charge is -2.27. The highest BCUT2D eigenvalue weighted by Crippen LogP contribution is 2.56. The summed E-state index contributed by atoms with van der Waals surface area (Å²) in [6.07, 6.45) is 1.44. The molecule has 0 saturated carbocycles. The van der Waals surface area contributed by atoms with E-state index >= 15 is 0 Å². The fourth-order valence-electron chi connectivity index (χ4n) is 3.44. The van der Waals surface area contributed by atoms with Gasteiger partial charge in [0.1, 0.15) is 40.6 Å². The molecule has 3 rings (SSSR count). The van der Waals surface area contributed by atoms with Gasteiger partial charge >= 0.3 is 0 Å². The van der Waals surface area contributed by atoms with Gasteiger partial charge in [-0.05, 0) is 79.2 Å². The Balaban J connectivity index is 2.16. The molecule has 0 bridgehead atoms. The third kappa shape index (κ3) is 5.09. The summed E-state index contributed by atoms with van der Waals surface area (Å²) in [7, 11) is -2.30. The Morgan fingerprint density at radius 3 is 1.38 bits per heavy atom. The van der Waals surface area contributed by atoms with Crippen LogP contribution in [0.4, 0.5) is 13.2 Å². The van der Waals surface area contributed by atoms with Crippen LogP contribution in [0.25, 0.3) is 0 Å². The molecule has 0 atom stereocenters. The minimum atomic E-state index is -2.30. The Hall–Kier alpha value is -2.10. The Kier molecular flexibility index (Phi) is 7.15. The summed E-state index contributed by atoms with van der Waals surface area (Å²) in [4.78, 5) is 11.3. The van der Waals surface area contributed by atoms with Gasteiger partial charge in [-0.15, -0.1) is 0 Å². The van der Waals surface area contributed by atoms with Crippen LogP contribution >= 0.6 is 19.0 Å². The van der Waals surface area contributed by atoms with Crippen molar-refractivity contribution in [1.82, 2.24) is 0 Å². The van der Waals surface area contributed by atoms with Crippen LogP contribution in [0.5, 0.6) is 0 Å². The van der Waals surface area contributed by atoms with Crippen molar-refractivity contribution in [3.63, 3.8) is 0 Å². The zero-order valence-corrected chi connectivity index (χ0v) is 17.7. The van der Waals surface area contributed by atoms with E-state index in [9.17, 15) is 18.0 Å². The quantitative estimate of drug-likeness (QED) is 0.382. The van der Waals surface area contributed by atoms with E-state index in [-0.39, 0.29) is 22.6 Å². The summed E-state index contributed by atoms with van der Waals surface area (Å²) in [5.74, 6) is -0.354. The van der Waals surface area contributed by atoms with Gasteiger partial charge in [0.2, 0.25) is 0 Å². The first kappa shape index (κ1) is 21.6. The summed E-state index contributed by atoms with van der Waals surface area (Å²) in [6, 6.07) is 19.1. The predicted octanol–water partition coefficient (Wildman–Crippen LogP) is 5.07. The average molecular weight is 433 g/mol. The molecule has 3 aromatic rings. The molecule has 6 heteroatoms. The molecule has 29 heavy (non-hydrogen) atoms. The summed E-state index contributed by atoms with van der Waals surface area (Å²) in [6.45, 7) is 1.53. The Morgan fingerprint density at radius 2 is 1.07 bits per heavy atom. The molecule has 0 aliphatic heterocycles. The van der Waals surface area contributed by atoms with E-state index in [0.717, 1.165) is 22.3 Å². The molecule has 0 aromatic heterocycles. The van der Waals surface area contributed by atoms with Crippen molar-refractivity contribution < 1.29 is 18.0 Å². The highest BCUT2D eigenvalue weighted by Gasteiger charge is 2.44. The second-order valence-corrected chi connectivity index (χ2v) is 11.5. The first-order valence-electron chi connectivity index (χ1n) is 9.22. The number of carbonyl (C=O) groups excluding carboxylic acids is 1. The van der Waals surface area contributed by atoms with Gasteiger partial charge in [0.05, 0.1) is 6.16 Å². The van der Waals surface area contributed by atoms with Crippen molar-refractivity contribution in [3.8, 4) is 0 Å². The van der Waals surface area contributed by atoms with Crippen molar-refractivity contribution in [2.45, 2.75) is 13.3 Å². The topological polar surface area (TPSA) is 17.1 Å². The molecule has 0 aliphatic rings. The number of rotatable bonds is 7. The second kappa shape index (κ2) is 9.60. The lowest BCUT2D eigenvalue weighted by atomic mass is 10.3. The molecule has 0 aliphatic carbocycles. The SMILES string of the molecule is CC(=O)SCCC[P+](c1ccc(F)cc1)(c1ccc(F)cc1)c1ccc(F)cc1. The van der Waals surface area contributed by atoms with Crippen LogP contribution in [0.2, 0.25) is 0 Å². The molecule has 0 spiro atoms. The van der Waals surface area contributed by atoms with Crippen molar-refractivity contribution in [3.05, 3.63) is 90.2 Å². The Labute approximate surface area is 173 Å². The molecule has 0 amide bonds. The molecule has 0 unspecified atom stereocenters. The smallest absolute Gasteiger partial charge is 0.185 e. The highest BCUT2D eigenvalue weighted by atomic mass is 32.2. The van der Waals surface area contributed by atoms with E-state index in [1.54, 1.807) is 36.4 Å². The van der Waals surface area contributed by atoms with Crippen LogP contribution in [0.15, 0.2) is 72.8 Å². The maximum atomic E-state index is 13.7. The van der Waals surface area contributed by atoms with E-state index in [0.29, 0.717) is 11.9 Å². The van der Waals surface area contributed by atoms with Gasteiger partial charge in [0.25, 0.3) is 0 Å². The Morgan fingerprint density at radius 1 is 0.724 bits per heavy atom. The summed E-state index contributed by atoms with van der Waals surface area (Å²) >= 11 is 1.26. The van der Waals surface area contributed by atoms with Crippen LogP contribution in [0, 0.1) is 17.5 Å².